The van der Waals surface area contributed by atoms with Gasteiger partial charge >= 0.3 is 0 Å². The minimum absolute atomic E-state index is 0.0105. The molecule has 4 rings (SSSR count). The van der Waals surface area contributed by atoms with Gasteiger partial charge in [-0.1, -0.05) is 30.3 Å². The number of ketones is 1. The Morgan fingerprint density at radius 2 is 1.80 bits per heavy atom. The molecule has 3 aromatic rings. The molecule has 2 heterocycles. The van der Waals surface area contributed by atoms with Gasteiger partial charge in [-0.15, -0.1) is 0 Å². The van der Waals surface area contributed by atoms with Crippen molar-refractivity contribution >= 4 is 23.1 Å². The summed E-state index contributed by atoms with van der Waals surface area (Å²) in [4.78, 5) is 33.5. The van der Waals surface area contributed by atoms with E-state index in [1.807, 2.05) is 0 Å². The molecule has 0 saturated carbocycles. The number of anilines is 2. The second kappa shape index (κ2) is 10.3. The Morgan fingerprint density at radius 1 is 1.09 bits per heavy atom. The van der Waals surface area contributed by atoms with Crippen molar-refractivity contribution in [3.8, 4) is 0 Å². The van der Waals surface area contributed by atoms with Gasteiger partial charge in [0.1, 0.15) is 6.33 Å². The molecule has 0 radical (unpaired) electrons. The lowest BCUT2D eigenvalue weighted by Crippen LogP contribution is -2.42. The normalized spacial score (nSPS) is 17.7. The Labute approximate surface area is 201 Å². The lowest BCUT2D eigenvalue weighted by molar-refractivity contribution is -0.131. The second-order valence-corrected chi connectivity index (χ2v) is 8.75. The summed E-state index contributed by atoms with van der Waals surface area (Å²) in [7, 11) is 0. The predicted octanol–water partition coefficient (Wildman–Crippen LogP) is 4.63. The van der Waals surface area contributed by atoms with Crippen molar-refractivity contribution in [2.45, 2.75) is 32.2 Å². The number of carbonyl (C=O) groups is 2. The molecular formula is C26H26F2N4O3. The zero-order chi connectivity index (χ0) is 24.9. The molecular weight excluding hydrogens is 454 g/mol. The molecule has 0 spiro atoms. The topological polar surface area (TPSA) is 93.2 Å². The number of hydrogen-bond acceptors (Lipinski definition) is 6. The number of rotatable bonds is 9. The average Bonchev–Trinajstić information content (AvgIpc) is 3.33. The molecule has 1 aliphatic rings. The number of nitrogens with one attached hydrogen (secondary N) is 2. The first-order valence-electron chi connectivity index (χ1n) is 11.2. The Bertz CT molecular complexity index is 1180. The van der Waals surface area contributed by atoms with Gasteiger partial charge in [-0.3, -0.25) is 9.59 Å². The van der Waals surface area contributed by atoms with Crippen molar-refractivity contribution < 1.29 is 23.1 Å². The molecule has 9 heteroatoms. The molecule has 0 aliphatic carbocycles. The van der Waals surface area contributed by atoms with Gasteiger partial charge in [-0.05, 0) is 30.2 Å². The fourth-order valence-corrected chi connectivity index (χ4v) is 4.06. The van der Waals surface area contributed by atoms with E-state index in [1.54, 1.807) is 42.5 Å². The Morgan fingerprint density at radius 3 is 2.46 bits per heavy atom. The highest BCUT2D eigenvalue weighted by atomic mass is 19.3. The fourth-order valence-electron chi connectivity index (χ4n) is 4.06. The summed E-state index contributed by atoms with van der Waals surface area (Å²) in [6, 6.07) is 13.4. The average molecular weight is 481 g/mol. The van der Waals surface area contributed by atoms with Crippen LogP contribution < -0.4 is 10.6 Å². The maximum atomic E-state index is 13.9. The predicted molar refractivity (Wildman–Crippen MR) is 126 cm³/mol. The molecule has 1 saturated heterocycles. The van der Waals surface area contributed by atoms with E-state index in [9.17, 15) is 18.4 Å². The van der Waals surface area contributed by atoms with Gasteiger partial charge in [0.05, 0.1) is 17.6 Å². The summed E-state index contributed by atoms with van der Waals surface area (Å²) in [5, 5.41) is 5.94. The number of hydrogen-bond donors (Lipinski definition) is 2. The highest BCUT2D eigenvalue weighted by molar-refractivity contribution is 5.99. The van der Waals surface area contributed by atoms with E-state index in [4.69, 9.17) is 4.74 Å². The first-order chi connectivity index (χ1) is 16.8. The number of benzene rings is 2. The van der Waals surface area contributed by atoms with Crippen LogP contribution in [0.25, 0.3) is 0 Å². The van der Waals surface area contributed by atoms with Crippen LogP contribution in [-0.4, -0.2) is 34.9 Å². The number of carbonyl (C=O) groups excluding carboxylic acids is 2. The number of amides is 1. The van der Waals surface area contributed by atoms with Crippen molar-refractivity contribution in [3.05, 3.63) is 83.9 Å². The summed E-state index contributed by atoms with van der Waals surface area (Å²) < 4.78 is 33.2. The third-order valence-corrected chi connectivity index (χ3v) is 6.05. The van der Waals surface area contributed by atoms with E-state index in [0.29, 0.717) is 30.0 Å². The van der Waals surface area contributed by atoms with Gasteiger partial charge in [-0.25, -0.2) is 18.7 Å². The maximum Gasteiger partial charge on any atom is 0.272 e. The Kier molecular flexibility index (Phi) is 7.16. The van der Waals surface area contributed by atoms with Crippen LogP contribution in [0, 0.1) is 5.41 Å². The number of ether oxygens (including phenoxy) is 1. The zero-order valence-electron chi connectivity index (χ0n) is 19.3. The van der Waals surface area contributed by atoms with Crippen LogP contribution in [0.4, 0.5) is 20.2 Å². The van der Waals surface area contributed by atoms with Gasteiger partial charge in [0.15, 0.2) is 5.78 Å². The van der Waals surface area contributed by atoms with Crippen LogP contribution in [0.1, 0.15) is 41.3 Å². The van der Waals surface area contributed by atoms with E-state index >= 15 is 0 Å². The molecule has 2 aromatic carbocycles. The third-order valence-electron chi connectivity index (χ3n) is 6.05. The van der Waals surface area contributed by atoms with Crippen LogP contribution in [-0.2, 0) is 22.0 Å². The Hall–Kier alpha value is -3.72. The minimum atomic E-state index is -2.97. The third kappa shape index (κ3) is 5.86. The molecule has 1 fully saturated rings. The monoisotopic (exact) mass is 480 g/mol. The molecule has 182 valence electrons. The molecule has 0 bridgehead atoms. The van der Waals surface area contributed by atoms with Gasteiger partial charge in [0, 0.05) is 55.8 Å². The van der Waals surface area contributed by atoms with E-state index in [0.717, 1.165) is 12.5 Å². The van der Waals surface area contributed by atoms with Gasteiger partial charge in [-0.2, -0.15) is 0 Å². The van der Waals surface area contributed by atoms with Crippen molar-refractivity contribution in [2.75, 3.05) is 18.5 Å². The van der Waals surface area contributed by atoms with Crippen LogP contribution in [0.2, 0.25) is 0 Å². The standard InChI is InChI=1S/C26H26F2N4O3/c1-25(27,28)21-4-2-3-5-22(21)32-20-8-6-18(7-9-20)13-31-24(34)26(10-11-35-16-26)12-23(33)19-14-29-17-30-15-19/h2-9,14-15,17,32H,10-13,16H2,1H3,(H,31,34)/t26-/m0/s1. The number of alkyl halides is 2. The second-order valence-electron chi connectivity index (χ2n) is 8.75. The molecule has 7 nitrogen and oxygen atoms in total. The SMILES string of the molecule is CC(F)(F)c1ccccc1Nc1ccc(CNC(=O)[C@]2(CC(=O)c3cncnc3)CCOC2)cc1. The zero-order valence-corrected chi connectivity index (χ0v) is 19.3. The summed E-state index contributed by atoms with van der Waals surface area (Å²) in [5.74, 6) is -3.43. The lowest BCUT2D eigenvalue weighted by Gasteiger charge is -2.25. The number of halogens is 2. The number of Topliss-reactive ketones (excluding diaryl/α,β-unsaturated/α-hetero) is 1. The van der Waals surface area contributed by atoms with Gasteiger partial charge in [0.25, 0.3) is 5.92 Å². The van der Waals surface area contributed by atoms with Crippen molar-refractivity contribution in [1.82, 2.24) is 15.3 Å². The largest absolute Gasteiger partial charge is 0.380 e. The van der Waals surface area contributed by atoms with E-state index in [1.165, 1.54) is 24.8 Å². The smallest absolute Gasteiger partial charge is 0.272 e. The summed E-state index contributed by atoms with van der Waals surface area (Å²) >= 11 is 0. The highest BCUT2D eigenvalue weighted by Crippen LogP contribution is 2.35. The lowest BCUT2D eigenvalue weighted by atomic mass is 9.80. The van der Waals surface area contributed by atoms with E-state index in [-0.39, 0.29) is 36.8 Å². The summed E-state index contributed by atoms with van der Waals surface area (Å²) in [6.45, 7) is 1.70. The molecule has 2 N–H and O–H groups in total. The summed E-state index contributed by atoms with van der Waals surface area (Å²) in [5.41, 5.74) is 1.14. The number of nitrogens with zero attached hydrogens (tertiary/aromatic N) is 2. The molecule has 35 heavy (non-hydrogen) atoms. The first-order valence-corrected chi connectivity index (χ1v) is 11.2. The summed E-state index contributed by atoms with van der Waals surface area (Å²) in [6.07, 6.45) is 4.68. The number of para-hydroxylation sites is 1. The van der Waals surface area contributed by atoms with Gasteiger partial charge < -0.3 is 15.4 Å². The minimum Gasteiger partial charge on any atom is -0.380 e. The molecule has 1 aromatic heterocycles. The van der Waals surface area contributed by atoms with Crippen LogP contribution in [0.5, 0.6) is 0 Å². The van der Waals surface area contributed by atoms with Crippen LogP contribution >= 0.6 is 0 Å². The number of aromatic nitrogens is 2. The van der Waals surface area contributed by atoms with Crippen molar-refractivity contribution in [2.24, 2.45) is 5.41 Å². The highest BCUT2D eigenvalue weighted by Gasteiger charge is 2.44. The van der Waals surface area contributed by atoms with E-state index in [2.05, 4.69) is 20.6 Å². The van der Waals surface area contributed by atoms with Crippen LogP contribution in [0.3, 0.4) is 0 Å². The quantitative estimate of drug-likeness (QED) is 0.434. The molecule has 1 amide bonds. The van der Waals surface area contributed by atoms with Crippen LogP contribution in [0.15, 0.2) is 67.3 Å². The maximum absolute atomic E-state index is 13.9. The van der Waals surface area contributed by atoms with Crippen molar-refractivity contribution in [3.63, 3.8) is 0 Å². The molecule has 0 unspecified atom stereocenters. The fraction of sp³-hybridized carbons (Fsp3) is 0.308. The van der Waals surface area contributed by atoms with Crippen molar-refractivity contribution in [1.29, 1.82) is 0 Å². The van der Waals surface area contributed by atoms with E-state index < -0.39 is 11.3 Å². The molecule has 1 atom stereocenters. The first kappa shape index (κ1) is 24.4. The molecule has 1 aliphatic heterocycles. The van der Waals surface area contributed by atoms with Gasteiger partial charge in [0.2, 0.25) is 5.91 Å². The Balaban J connectivity index is 1.38.